The van der Waals surface area contributed by atoms with Gasteiger partial charge in [0, 0.05) is 5.56 Å². The van der Waals surface area contributed by atoms with Crippen LogP contribution in [0.4, 0.5) is 0 Å². The summed E-state index contributed by atoms with van der Waals surface area (Å²) >= 11 is 0. The van der Waals surface area contributed by atoms with Crippen LogP contribution < -0.4 is 10.3 Å². The van der Waals surface area contributed by atoms with Crippen molar-refractivity contribution in [1.29, 1.82) is 0 Å². The second-order valence-corrected chi connectivity index (χ2v) is 2.49. The summed E-state index contributed by atoms with van der Waals surface area (Å²) in [5.74, 6) is 0.631. The topological polar surface area (TPSA) is 64.2 Å². The molecule has 0 unspecified atom stereocenters. The molecular formula is C9H11N2O2+. The lowest BCUT2D eigenvalue weighted by atomic mass is 10.1. The van der Waals surface area contributed by atoms with Crippen molar-refractivity contribution in [3.8, 4) is 5.75 Å². The summed E-state index contributed by atoms with van der Waals surface area (Å²) in [4.78, 5) is 11.2. The van der Waals surface area contributed by atoms with E-state index in [0.29, 0.717) is 5.56 Å². The number of methoxy groups -OCH3 is 1. The SMILES string of the molecule is COc1ccc(C(=O)CN=[NH2+])cc1. The van der Waals surface area contributed by atoms with Gasteiger partial charge in [0.1, 0.15) is 5.75 Å². The standard InChI is InChI=1S/C9H10N2O2/c1-13-8-4-2-7(3-5-8)9(12)6-11-10/h2-5,10H,6H2,1H3/p+1. The van der Waals surface area contributed by atoms with Gasteiger partial charge in [-0.25, -0.2) is 0 Å². The number of ether oxygens (including phenoxy) is 1. The van der Waals surface area contributed by atoms with E-state index in [-0.39, 0.29) is 12.3 Å². The van der Waals surface area contributed by atoms with E-state index in [2.05, 4.69) is 5.11 Å². The van der Waals surface area contributed by atoms with E-state index in [9.17, 15) is 4.79 Å². The summed E-state index contributed by atoms with van der Waals surface area (Å²) in [5, 5.41) is 3.27. The van der Waals surface area contributed by atoms with Crippen molar-refractivity contribution in [2.75, 3.05) is 13.7 Å². The highest BCUT2D eigenvalue weighted by Gasteiger charge is 2.05. The molecule has 0 saturated heterocycles. The third-order valence-corrected chi connectivity index (χ3v) is 1.65. The molecule has 68 valence electrons. The van der Waals surface area contributed by atoms with Gasteiger partial charge in [0.05, 0.1) is 7.11 Å². The molecule has 0 spiro atoms. The molecule has 2 N–H and O–H groups in total. The van der Waals surface area contributed by atoms with E-state index < -0.39 is 0 Å². The largest absolute Gasteiger partial charge is 0.497 e. The highest BCUT2D eigenvalue weighted by molar-refractivity contribution is 5.97. The molecule has 0 aromatic heterocycles. The van der Waals surface area contributed by atoms with Crippen molar-refractivity contribution in [2.24, 2.45) is 5.11 Å². The Bertz CT molecular complexity index is 306. The first-order valence-electron chi connectivity index (χ1n) is 3.82. The van der Waals surface area contributed by atoms with Crippen molar-refractivity contribution < 1.29 is 15.1 Å². The lowest BCUT2D eigenvalue weighted by Crippen LogP contribution is -2.26. The summed E-state index contributed by atoms with van der Waals surface area (Å²) in [6.07, 6.45) is 0. The lowest BCUT2D eigenvalue weighted by Gasteiger charge is -1.99. The zero-order valence-electron chi connectivity index (χ0n) is 7.36. The summed E-state index contributed by atoms with van der Waals surface area (Å²) in [6.45, 7) is 0.0202. The molecule has 0 radical (unpaired) electrons. The highest BCUT2D eigenvalue weighted by atomic mass is 16.5. The molecule has 0 heterocycles. The number of nitrogens with two attached hydrogens (primary N) is 1. The Labute approximate surface area is 76.0 Å². The first kappa shape index (κ1) is 9.38. The van der Waals surface area contributed by atoms with E-state index in [1.165, 1.54) is 0 Å². The smallest absolute Gasteiger partial charge is 0.190 e. The minimum Gasteiger partial charge on any atom is -0.497 e. The van der Waals surface area contributed by atoms with Gasteiger partial charge in [-0.05, 0) is 29.4 Å². The van der Waals surface area contributed by atoms with E-state index >= 15 is 0 Å². The predicted molar refractivity (Wildman–Crippen MR) is 46.5 cm³/mol. The molecule has 1 aromatic carbocycles. The predicted octanol–water partition coefficient (Wildman–Crippen LogP) is 0.0892. The maximum atomic E-state index is 11.2. The third-order valence-electron chi connectivity index (χ3n) is 1.65. The van der Waals surface area contributed by atoms with Gasteiger partial charge in [0.25, 0.3) is 0 Å². The molecule has 0 bridgehead atoms. The van der Waals surface area contributed by atoms with Crippen molar-refractivity contribution in [3.05, 3.63) is 29.8 Å². The van der Waals surface area contributed by atoms with Gasteiger partial charge in [0.15, 0.2) is 12.3 Å². The Morgan fingerprint density at radius 1 is 1.46 bits per heavy atom. The number of rotatable bonds is 4. The Balaban J connectivity index is 2.79. The minimum absolute atomic E-state index is 0.0202. The zero-order chi connectivity index (χ0) is 9.68. The van der Waals surface area contributed by atoms with Crippen LogP contribution in [0.25, 0.3) is 0 Å². The van der Waals surface area contributed by atoms with Crippen LogP contribution in [0.2, 0.25) is 0 Å². The molecule has 1 rings (SSSR count). The Hall–Kier alpha value is -1.71. The van der Waals surface area contributed by atoms with Crippen molar-refractivity contribution in [3.63, 3.8) is 0 Å². The summed E-state index contributed by atoms with van der Waals surface area (Å²) < 4.78 is 4.95. The first-order chi connectivity index (χ1) is 6.27. The van der Waals surface area contributed by atoms with Gasteiger partial charge in [-0.1, -0.05) is 0 Å². The van der Waals surface area contributed by atoms with E-state index in [1.54, 1.807) is 31.4 Å². The van der Waals surface area contributed by atoms with Crippen LogP contribution in [0.3, 0.4) is 0 Å². The summed E-state index contributed by atoms with van der Waals surface area (Å²) in [5.41, 5.74) is 5.49. The molecule has 1 aromatic rings. The van der Waals surface area contributed by atoms with Gasteiger partial charge in [-0.2, -0.15) is 5.53 Å². The zero-order valence-corrected chi connectivity index (χ0v) is 7.36. The second kappa shape index (κ2) is 4.35. The average molecular weight is 179 g/mol. The quantitative estimate of drug-likeness (QED) is 0.526. The fourth-order valence-electron chi connectivity index (χ4n) is 0.951. The fraction of sp³-hybridized carbons (Fsp3) is 0.222. The van der Waals surface area contributed by atoms with Gasteiger partial charge < -0.3 is 4.74 Å². The monoisotopic (exact) mass is 179 g/mol. The maximum absolute atomic E-state index is 11.2. The van der Waals surface area contributed by atoms with E-state index in [1.807, 2.05) is 0 Å². The van der Waals surface area contributed by atoms with Crippen LogP contribution in [-0.4, -0.2) is 19.4 Å². The van der Waals surface area contributed by atoms with Gasteiger partial charge in [-0.15, -0.1) is 0 Å². The van der Waals surface area contributed by atoms with Crippen LogP contribution in [0.15, 0.2) is 29.4 Å². The number of carbonyl (C=O) groups is 1. The number of benzene rings is 1. The van der Waals surface area contributed by atoms with Gasteiger partial charge in [0.2, 0.25) is 0 Å². The second-order valence-electron chi connectivity index (χ2n) is 2.49. The molecule has 0 aliphatic rings. The van der Waals surface area contributed by atoms with Gasteiger partial charge in [-0.3, -0.25) is 4.79 Å². The number of nitrogens with zero attached hydrogens (tertiary/aromatic N) is 1. The molecule has 0 amide bonds. The first-order valence-corrected chi connectivity index (χ1v) is 3.82. The van der Waals surface area contributed by atoms with Crippen LogP contribution in [0.1, 0.15) is 10.4 Å². The van der Waals surface area contributed by atoms with E-state index in [4.69, 9.17) is 10.3 Å². The summed E-state index contributed by atoms with van der Waals surface area (Å²) in [6, 6.07) is 6.83. The third kappa shape index (κ3) is 2.37. The summed E-state index contributed by atoms with van der Waals surface area (Å²) in [7, 11) is 1.58. The van der Waals surface area contributed by atoms with E-state index in [0.717, 1.165) is 5.75 Å². The molecule has 4 nitrogen and oxygen atoms in total. The van der Waals surface area contributed by atoms with Crippen LogP contribution in [-0.2, 0) is 0 Å². The molecule has 0 saturated carbocycles. The molecule has 13 heavy (non-hydrogen) atoms. The molecule has 4 heteroatoms. The number of ketones is 1. The van der Waals surface area contributed by atoms with Crippen LogP contribution in [0.5, 0.6) is 5.75 Å². The lowest BCUT2D eigenvalue weighted by molar-refractivity contribution is -0.219. The highest BCUT2D eigenvalue weighted by Crippen LogP contribution is 2.11. The number of hydrogen-bond acceptors (Lipinski definition) is 3. The molecule has 0 fully saturated rings. The van der Waals surface area contributed by atoms with Crippen LogP contribution >= 0.6 is 0 Å². The number of carbonyl (C=O) groups excluding carboxylic acids is 1. The molecule has 0 aliphatic heterocycles. The van der Waals surface area contributed by atoms with Crippen LogP contribution in [0, 0.1) is 0 Å². The van der Waals surface area contributed by atoms with Crippen molar-refractivity contribution >= 4 is 5.78 Å². The minimum atomic E-state index is -0.0925. The molecular weight excluding hydrogens is 168 g/mol. The Morgan fingerprint density at radius 3 is 2.54 bits per heavy atom. The normalized spacial score (nSPS) is 9.31. The fourth-order valence-corrected chi connectivity index (χ4v) is 0.951. The van der Waals surface area contributed by atoms with Crippen molar-refractivity contribution in [1.82, 2.24) is 0 Å². The number of Topliss-reactive ketones (excluding diaryl/α,β-unsaturated/α-hetero) is 1. The van der Waals surface area contributed by atoms with Gasteiger partial charge >= 0.3 is 0 Å². The Kier molecular flexibility index (Phi) is 3.14. The maximum Gasteiger partial charge on any atom is 0.190 e. The Morgan fingerprint density at radius 2 is 2.08 bits per heavy atom. The molecule has 0 aliphatic carbocycles. The average Bonchev–Trinajstić information content (AvgIpc) is 2.18. The number of hydrogen-bond donors (Lipinski definition) is 1. The molecule has 0 atom stereocenters. The van der Waals surface area contributed by atoms with Crippen molar-refractivity contribution in [2.45, 2.75) is 0 Å².